The minimum Gasteiger partial charge on any atom is -0.481 e. The molecule has 21 heavy (non-hydrogen) atoms. The van der Waals surface area contributed by atoms with Crippen LogP contribution in [0.1, 0.15) is 17.5 Å². The van der Waals surface area contributed by atoms with Crippen LogP contribution in [-0.4, -0.2) is 23.3 Å². The number of carboxylic acid groups (broad SMARTS) is 1. The molecule has 112 valence electrons. The predicted molar refractivity (Wildman–Crippen MR) is 71.0 cm³/mol. The van der Waals surface area contributed by atoms with Gasteiger partial charge in [0.25, 0.3) is 0 Å². The minimum atomic E-state index is -4.36. The van der Waals surface area contributed by atoms with E-state index in [4.69, 9.17) is 10.4 Å². The molecule has 0 saturated heterocycles. The highest BCUT2D eigenvalue weighted by atomic mass is 32.2. The molecule has 0 bridgehead atoms. The molecule has 1 atom stereocenters. The lowest BCUT2D eigenvalue weighted by Gasteiger charge is -2.30. The number of carbonyl (C=O) groups is 1. The summed E-state index contributed by atoms with van der Waals surface area (Å²) >= 11 is 0.727. The van der Waals surface area contributed by atoms with Gasteiger partial charge >= 0.3 is 12.1 Å². The lowest BCUT2D eigenvalue weighted by molar-refractivity contribution is -0.144. The molecule has 0 amide bonds. The molecule has 1 aliphatic rings. The molecule has 0 fully saturated rings. The standard InChI is InChI=1S/C13H11F3N2O2S/c14-13(15,16)10-2-1-8-3-7(5-11(19)20)4-9(21-6-17)12(8)18-10/h3-4,10,18H,1-2,5H2,(H,19,20). The number of benzene rings is 1. The first-order chi connectivity index (χ1) is 9.81. The highest BCUT2D eigenvalue weighted by molar-refractivity contribution is 8.03. The molecule has 0 radical (unpaired) electrons. The van der Waals surface area contributed by atoms with Gasteiger partial charge in [-0.2, -0.15) is 18.4 Å². The van der Waals surface area contributed by atoms with Crippen molar-refractivity contribution < 1.29 is 23.1 Å². The van der Waals surface area contributed by atoms with Crippen molar-refractivity contribution in [1.82, 2.24) is 0 Å². The van der Waals surface area contributed by atoms with Crippen LogP contribution in [0, 0.1) is 10.7 Å². The summed E-state index contributed by atoms with van der Waals surface area (Å²) in [6, 6.07) is 1.39. The monoisotopic (exact) mass is 316 g/mol. The van der Waals surface area contributed by atoms with Crippen LogP contribution < -0.4 is 5.32 Å². The van der Waals surface area contributed by atoms with Gasteiger partial charge in [0.2, 0.25) is 0 Å². The zero-order valence-corrected chi connectivity index (χ0v) is 11.5. The Balaban J connectivity index is 2.39. The van der Waals surface area contributed by atoms with Crippen molar-refractivity contribution in [3.63, 3.8) is 0 Å². The number of nitrogens with one attached hydrogen (secondary N) is 1. The molecule has 8 heteroatoms. The molecule has 1 heterocycles. The van der Waals surface area contributed by atoms with Gasteiger partial charge in [-0.05, 0) is 41.8 Å². The molecule has 0 aliphatic carbocycles. The van der Waals surface area contributed by atoms with Crippen molar-refractivity contribution in [3.05, 3.63) is 23.3 Å². The van der Waals surface area contributed by atoms with Gasteiger partial charge in [-0.3, -0.25) is 4.79 Å². The molecule has 4 nitrogen and oxygen atoms in total. The average Bonchev–Trinajstić information content (AvgIpc) is 2.36. The van der Waals surface area contributed by atoms with Gasteiger partial charge < -0.3 is 10.4 Å². The molecular weight excluding hydrogens is 305 g/mol. The first-order valence-electron chi connectivity index (χ1n) is 6.08. The van der Waals surface area contributed by atoms with E-state index in [1.807, 2.05) is 5.40 Å². The van der Waals surface area contributed by atoms with Crippen LogP contribution in [0.15, 0.2) is 17.0 Å². The molecule has 1 unspecified atom stereocenters. The number of nitriles is 1. The number of hydrogen-bond donors (Lipinski definition) is 2. The Morgan fingerprint density at radius 1 is 1.52 bits per heavy atom. The number of halogens is 3. The summed E-state index contributed by atoms with van der Waals surface area (Å²) in [6.45, 7) is 0. The van der Waals surface area contributed by atoms with Crippen LogP contribution >= 0.6 is 11.8 Å². The van der Waals surface area contributed by atoms with Crippen molar-refractivity contribution in [3.8, 4) is 5.40 Å². The van der Waals surface area contributed by atoms with Crippen molar-refractivity contribution in [2.24, 2.45) is 0 Å². The Bertz CT molecular complexity index is 611. The Morgan fingerprint density at radius 2 is 2.24 bits per heavy atom. The molecule has 2 N–H and O–H groups in total. The van der Waals surface area contributed by atoms with Crippen LogP contribution in [0.25, 0.3) is 0 Å². The van der Waals surface area contributed by atoms with Gasteiger partial charge in [0, 0.05) is 4.90 Å². The second-order valence-electron chi connectivity index (χ2n) is 4.67. The molecule has 2 rings (SSSR count). The molecule has 1 aromatic carbocycles. The summed E-state index contributed by atoms with van der Waals surface area (Å²) in [5.74, 6) is -1.03. The quantitative estimate of drug-likeness (QED) is 0.662. The van der Waals surface area contributed by atoms with Gasteiger partial charge in [0.15, 0.2) is 0 Å². The average molecular weight is 316 g/mol. The Hall–Kier alpha value is -1.88. The number of hydrogen-bond acceptors (Lipinski definition) is 4. The van der Waals surface area contributed by atoms with Crippen LogP contribution in [0.5, 0.6) is 0 Å². The molecule has 1 aliphatic heterocycles. The van der Waals surface area contributed by atoms with Crippen molar-refractivity contribution in [2.75, 3.05) is 5.32 Å². The van der Waals surface area contributed by atoms with Crippen LogP contribution in [0.2, 0.25) is 0 Å². The second-order valence-corrected chi connectivity index (χ2v) is 5.50. The maximum absolute atomic E-state index is 12.8. The number of rotatable bonds is 3. The molecule has 0 saturated carbocycles. The van der Waals surface area contributed by atoms with E-state index in [0.29, 0.717) is 16.0 Å². The SMILES string of the molecule is N#CSc1cc(CC(=O)O)cc2c1NC(C(F)(F)F)CC2. The van der Waals surface area contributed by atoms with E-state index >= 15 is 0 Å². The van der Waals surface area contributed by atoms with Gasteiger partial charge in [0.05, 0.1) is 12.1 Å². The molecule has 0 spiro atoms. The lowest BCUT2D eigenvalue weighted by atomic mass is 9.95. The minimum absolute atomic E-state index is 0.107. The van der Waals surface area contributed by atoms with E-state index < -0.39 is 18.2 Å². The number of fused-ring (bicyclic) bond motifs is 1. The van der Waals surface area contributed by atoms with Crippen LogP contribution in [0.3, 0.4) is 0 Å². The third-order valence-corrected chi connectivity index (χ3v) is 3.80. The van der Waals surface area contributed by atoms with Gasteiger partial charge in [-0.1, -0.05) is 6.07 Å². The summed E-state index contributed by atoms with van der Waals surface area (Å²) in [7, 11) is 0. The smallest absolute Gasteiger partial charge is 0.408 e. The predicted octanol–water partition coefficient (Wildman–Crippen LogP) is 3.18. The molecule has 1 aromatic rings. The number of thiocyanates is 1. The number of anilines is 1. The Kier molecular flexibility index (Phi) is 4.32. The van der Waals surface area contributed by atoms with E-state index in [-0.39, 0.29) is 24.9 Å². The number of nitrogens with zero attached hydrogens (tertiary/aromatic N) is 1. The largest absolute Gasteiger partial charge is 0.481 e. The number of thioether (sulfide) groups is 1. The number of aliphatic carboxylic acids is 1. The van der Waals surface area contributed by atoms with Crippen molar-refractivity contribution >= 4 is 23.4 Å². The van der Waals surface area contributed by atoms with Gasteiger partial charge in [-0.15, -0.1) is 0 Å². The Labute approximate surface area is 122 Å². The topological polar surface area (TPSA) is 73.1 Å². The van der Waals surface area contributed by atoms with Gasteiger partial charge in [-0.25, -0.2) is 0 Å². The van der Waals surface area contributed by atoms with Crippen molar-refractivity contribution in [2.45, 2.75) is 36.4 Å². The highest BCUT2D eigenvalue weighted by Crippen LogP contribution is 2.39. The zero-order chi connectivity index (χ0) is 15.6. The highest BCUT2D eigenvalue weighted by Gasteiger charge is 2.41. The van der Waals surface area contributed by atoms with Crippen molar-refractivity contribution in [1.29, 1.82) is 5.26 Å². The van der Waals surface area contributed by atoms with E-state index in [1.54, 1.807) is 6.07 Å². The zero-order valence-electron chi connectivity index (χ0n) is 10.7. The van der Waals surface area contributed by atoms with Gasteiger partial charge in [0.1, 0.15) is 11.4 Å². The summed E-state index contributed by atoms with van der Waals surface area (Å²) in [4.78, 5) is 11.1. The molecular formula is C13H11F3N2O2S. The van der Waals surface area contributed by atoms with E-state index in [0.717, 1.165) is 11.8 Å². The molecule has 0 aromatic heterocycles. The Morgan fingerprint density at radius 3 is 2.81 bits per heavy atom. The van der Waals surface area contributed by atoms with Crippen LogP contribution in [0.4, 0.5) is 18.9 Å². The fourth-order valence-electron chi connectivity index (χ4n) is 2.30. The summed E-state index contributed by atoms with van der Waals surface area (Å²) in [5.41, 5.74) is 1.38. The summed E-state index contributed by atoms with van der Waals surface area (Å²) in [5, 5.41) is 21.8. The summed E-state index contributed by atoms with van der Waals surface area (Å²) < 4.78 is 38.4. The van der Waals surface area contributed by atoms with E-state index in [2.05, 4.69) is 5.32 Å². The first-order valence-corrected chi connectivity index (χ1v) is 6.89. The third-order valence-electron chi connectivity index (χ3n) is 3.17. The number of alkyl halides is 3. The fraction of sp³-hybridized carbons (Fsp3) is 0.385. The lowest BCUT2D eigenvalue weighted by Crippen LogP contribution is -2.39. The first kappa shape index (κ1) is 15.5. The normalized spacial score (nSPS) is 17.5. The summed E-state index contributed by atoms with van der Waals surface area (Å²) in [6.07, 6.45) is -4.50. The van der Waals surface area contributed by atoms with Crippen LogP contribution in [-0.2, 0) is 17.6 Å². The number of aryl methyl sites for hydroxylation is 1. The fourth-order valence-corrected chi connectivity index (χ4v) is 2.90. The number of carboxylic acids is 1. The van der Waals surface area contributed by atoms with E-state index in [1.165, 1.54) is 6.07 Å². The second kappa shape index (κ2) is 5.85. The third kappa shape index (κ3) is 3.61. The maximum atomic E-state index is 12.8. The maximum Gasteiger partial charge on any atom is 0.408 e. The van der Waals surface area contributed by atoms with E-state index in [9.17, 15) is 18.0 Å².